The highest BCUT2D eigenvalue weighted by Gasteiger charge is 2.41. The van der Waals surface area contributed by atoms with Crippen LogP contribution in [0.4, 0.5) is 5.69 Å². The molecule has 0 radical (unpaired) electrons. The Morgan fingerprint density at radius 1 is 1.14 bits per heavy atom. The van der Waals surface area contributed by atoms with Crippen molar-refractivity contribution in [2.75, 3.05) is 24.5 Å². The van der Waals surface area contributed by atoms with Crippen molar-refractivity contribution in [2.24, 2.45) is 5.92 Å². The van der Waals surface area contributed by atoms with Crippen molar-refractivity contribution in [1.82, 2.24) is 4.90 Å². The number of aryl methyl sites for hydroxylation is 1. The van der Waals surface area contributed by atoms with Gasteiger partial charge in [0.25, 0.3) is 0 Å². The summed E-state index contributed by atoms with van der Waals surface area (Å²) >= 11 is 0. The summed E-state index contributed by atoms with van der Waals surface area (Å²) in [5.41, 5.74) is 1.79. The van der Waals surface area contributed by atoms with Crippen LogP contribution in [0.15, 0.2) is 48.5 Å². The predicted molar refractivity (Wildman–Crippen MR) is 105 cm³/mol. The van der Waals surface area contributed by atoms with Gasteiger partial charge in [0.1, 0.15) is 17.6 Å². The van der Waals surface area contributed by atoms with Crippen LogP contribution in [-0.4, -0.2) is 47.6 Å². The molecule has 2 heterocycles. The summed E-state index contributed by atoms with van der Waals surface area (Å²) in [6.07, 6.45) is 1.10. The van der Waals surface area contributed by atoms with Gasteiger partial charge in [-0.2, -0.15) is 0 Å². The van der Waals surface area contributed by atoms with Gasteiger partial charge in [0, 0.05) is 24.7 Å². The van der Waals surface area contributed by atoms with Crippen LogP contribution in [0.5, 0.6) is 11.5 Å². The van der Waals surface area contributed by atoms with Gasteiger partial charge in [-0.05, 0) is 30.2 Å². The van der Waals surface area contributed by atoms with Crippen molar-refractivity contribution in [1.29, 1.82) is 0 Å². The Balaban J connectivity index is 1.33. The first-order valence-corrected chi connectivity index (χ1v) is 9.68. The van der Waals surface area contributed by atoms with Gasteiger partial charge in [0.05, 0.1) is 19.0 Å². The lowest BCUT2D eigenvalue weighted by Gasteiger charge is -2.40. The summed E-state index contributed by atoms with van der Waals surface area (Å²) in [5.74, 6) is 0.552. The van der Waals surface area contributed by atoms with Crippen LogP contribution in [0.2, 0.25) is 0 Å². The molecule has 0 spiro atoms. The van der Waals surface area contributed by atoms with Gasteiger partial charge in [0.15, 0.2) is 0 Å². The SMILES string of the molecule is CCc1ccccc1OC1CN(C(=O)[C@@H]2CC(=O)N(c3cccc(O)c3)C2)C1. The summed E-state index contributed by atoms with van der Waals surface area (Å²) in [4.78, 5) is 28.5. The topological polar surface area (TPSA) is 70.1 Å². The molecule has 0 aliphatic carbocycles. The first-order valence-electron chi connectivity index (χ1n) is 9.68. The zero-order valence-corrected chi connectivity index (χ0v) is 15.9. The highest BCUT2D eigenvalue weighted by Crippen LogP contribution is 2.30. The molecule has 2 saturated heterocycles. The molecule has 0 unspecified atom stereocenters. The van der Waals surface area contributed by atoms with E-state index < -0.39 is 0 Å². The summed E-state index contributed by atoms with van der Waals surface area (Å²) in [6, 6.07) is 14.5. The van der Waals surface area contributed by atoms with Crippen LogP contribution in [0.1, 0.15) is 18.9 Å². The number of phenolic OH excluding ortho intramolecular Hbond substituents is 1. The molecule has 1 N–H and O–H groups in total. The number of para-hydroxylation sites is 1. The molecule has 0 saturated carbocycles. The van der Waals surface area contributed by atoms with Crippen molar-refractivity contribution in [3.63, 3.8) is 0 Å². The number of rotatable bonds is 5. The average Bonchev–Trinajstić information content (AvgIpc) is 3.06. The van der Waals surface area contributed by atoms with E-state index >= 15 is 0 Å². The fraction of sp³-hybridized carbons (Fsp3) is 0.364. The lowest BCUT2D eigenvalue weighted by atomic mass is 10.0. The van der Waals surface area contributed by atoms with Crippen LogP contribution < -0.4 is 9.64 Å². The Bertz CT molecular complexity index is 892. The van der Waals surface area contributed by atoms with Gasteiger partial charge in [0.2, 0.25) is 11.8 Å². The Kier molecular flexibility index (Phi) is 4.94. The molecular weight excluding hydrogens is 356 g/mol. The van der Waals surface area contributed by atoms with E-state index in [1.54, 1.807) is 34.1 Å². The molecule has 2 aromatic rings. The van der Waals surface area contributed by atoms with E-state index in [4.69, 9.17) is 4.74 Å². The minimum absolute atomic E-state index is 0.000343. The van der Waals surface area contributed by atoms with Crippen LogP contribution in [0.25, 0.3) is 0 Å². The van der Waals surface area contributed by atoms with E-state index in [1.807, 2.05) is 18.2 Å². The number of carbonyl (C=O) groups excluding carboxylic acids is 2. The molecule has 2 aliphatic rings. The third-order valence-corrected chi connectivity index (χ3v) is 5.42. The monoisotopic (exact) mass is 380 g/mol. The number of phenols is 1. The Morgan fingerprint density at radius 2 is 1.93 bits per heavy atom. The van der Waals surface area contributed by atoms with Crippen molar-refractivity contribution in [2.45, 2.75) is 25.9 Å². The Hall–Kier alpha value is -3.02. The first kappa shape index (κ1) is 18.3. The first-order chi connectivity index (χ1) is 13.5. The van der Waals surface area contributed by atoms with Crippen LogP contribution >= 0.6 is 0 Å². The molecule has 0 aromatic heterocycles. The second kappa shape index (κ2) is 7.54. The molecule has 0 bridgehead atoms. The van der Waals surface area contributed by atoms with Crippen molar-refractivity contribution < 1.29 is 19.4 Å². The fourth-order valence-corrected chi connectivity index (χ4v) is 3.82. The van der Waals surface area contributed by atoms with Crippen LogP contribution in [0, 0.1) is 5.92 Å². The van der Waals surface area contributed by atoms with E-state index in [-0.39, 0.29) is 36.0 Å². The molecular formula is C22H24N2O4. The second-order valence-corrected chi connectivity index (χ2v) is 7.37. The quantitative estimate of drug-likeness (QED) is 0.866. The van der Waals surface area contributed by atoms with Crippen molar-refractivity contribution in [3.05, 3.63) is 54.1 Å². The Morgan fingerprint density at radius 3 is 2.68 bits per heavy atom. The van der Waals surface area contributed by atoms with E-state index in [2.05, 4.69) is 13.0 Å². The number of ether oxygens (including phenoxy) is 1. The summed E-state index contributed by atoms with van der Waals surface area (Å²) < 4.78 is 6.04. The number of benzene rings is 2. The minimum Gasteiger partial charge on any atom is -0.508 e. The molecule has 2 amide bonds. The number of anilines is 1. The number of likely N-dealkylation sites (tertiary alicyclic amines) is 1. The van der Waals surface area contributed by atoms with Crippen LogP contribution in [0.3, 0.4) is 0 Å². The molecule has 2 aromatic carbocycles. The van der Waals surface area contributed by atoms with E-state index in [9.17, 15) is 14.7 Å². The zero-order chi connectivity index (χ0) is 19.7. The number of hydrogen-bond acceptors (Lipinski definition) is 4. The molecule has 28 heavy (non-hydrogen) atoms. The normalized spacial score (nSPS) is 19.6. The highest BCUT2D eigenvalue weighted by molar-refractivity contribution is 6.00. The standard InChI is InChI=1S/C22H24N2O4/c1-2-15-6-3-4-9-20(15)28-19-13-23(14-19)22(27)16-10-21(26)24(12-16)17-7-5-8-18(25)11-17/h3-9,11,16,19,25H,2,10,12-14H2,1H3/t16-/m1/s1. The smallest absolute Gasteiger partial charge is 0.228 e. The van der Waals surface area contributed by atoms with Crippen molar-refractivity contribution in [3.8, 4) is 11.5 Å². The third kappa shape index (κ3) is 3.54. The van der Waals surface area contributed by atoms with E-state index in [1.165, 1.54) is 0 Å². The lowest BCUT2D eigenvalue weighted by Crippen LogP contribution is -2.57. The summed E-state index contributed by atoms with van der Waals surface area (Å²) in [5, 5.41) is 9.63. The predicted octanol–water partition coefficient (Wildman–Crippen LogP) is 2.60. The van der Waals surface area contributed by atoms with Gasteiger partial charge in [-0.25, -0.2) is 0 Å². The van der Waals surface area contributed by atoms with E-state index in [0.29, 0.717) is 25.3 Å². The molecule has 4 rings (SSSR count). The maximum atomic E-state index is 12.8. The summed E-state index contributed by atoms with van der Waals surface area (Å²) in [7, 11) is 0. The molecule has 2 fully saturated rings. The third-order valence-electron chi connectivity index (χ3n) is 5.42. The van der Waals surface area contributed by atoms with Crippen molar-refractivity contribution >= 4 is 17.5 Å². The number of aromatic hydroxyl groups is 1. The maximum Gasteiger partial charge on any atom is 0.228 e. The average molecular weight is 380 g/mol. The number of carbonyl (C=O) groups is 2. The van der Waals surface area contributed by atoms with E-state index in [0.717, 1.165) is 17.7 Å². The maximum absolute atomic E-state index is 12.8. The molecule has 1 atom stereocenters. The number of amides is 2. The second-order valence-electron chi connectivity index (χ2n) is 7.37. The Labute approximate surface area is 164 Å². The zero-order valence-electron chi connectivity index (χ0n) is 15.9. The highest BCUT2D eigenvalue weighted by atomic mass is 16.5. The lowest BCUT2D eigenvalue weighted by molar-refractivity contribution is -0.144. The number of nitrogens with zero attached hydrogens (tertiary/aromatic N) is 2. The van der Waals surface area contributed by atoms with Crippen LogP contribution in [-0.2, 0) is 16.0 Å². The molecule has 6 nitrogen and oxygen atoms in total. The fourth-order valence-electron chi connectivity index (χ4n) is 3.82. The van der Waals surface area contributed by atoms with Gasteiger partial charge in [-0.1, -0.05) is 31.2 Å². The van der Waals surface area contributed by atoms with Gasteiger partial charge in [-0.15, -0.1) is 0 Å². The molecule has 6 heteroatoms. The van der Waals surface area contributed by atoms with Gasteiger partial charge < -0.3 is 19.6 Å². The minimum atomic E-state index is -0.348. The van der Waals surface area contributed by atoms with Gasteiger partial charge in [-0.3, -0.25) is 9.59 Å². The number of hydrogen-bond donors (Lipinski definition) is 1. The molecule has 2 aliphatic heterocycles. The summed E-state index contributed by atoms with van der Waals surface area (Å²) in [6.45, 7) is 3.54. The van der Waals surface area contributed by atoms with Gasteiger partial charge >= 0.3 is 0 Å². The molecule has 146 valence electrons. The largest absolute Gasteiger partial charge is 0.508 e.